The van der Waals surface area contributed by atoms with Crippen molar-refractivity contribution in [2.45, 2.75) is 51.9 Å². The van der Waals surface area contributed by atoms with Crippen molar-refractivity contribution in [1.82, 2.24) is 10.2 Å². The standard InChI is InChI=1S/C14H30N2/c1-3-4-7-10-15-11-12-16(2)13-14-8-5-6-9-14/h14-15H,3-13H2,1-2H3. The zero-order valence-electron chi connectivity index (χ0n) is 11.3. The van der Waals surface area contributed by atoms with E-state index in [1.54, 1.807) is 0 Å². The molecule has 0 unspecified atom stereocenters. The molecule has 2 heteroatoms. The molecule has 1 N–H and O–H groups in total. The second kappa shape index (κ2) is 9.00. The third-order valence-electron chi connectivity index (χ3n) is 3.67. The van der Waals surface area contributed by atoms with Crippen LogP contribution in [0.15, 0.2) is 0 Å². The van der Waals surface area contributed by atoms with Gasteiger partial charge >= 0.3 is 0 Å². The predicted molar refractivity (Wildman–Crippen MR) is 71.8 cm³/mol. The van der Waals surface area contributed by atoms with E-state index in [0.29, 0.717) is 0 Å². The number of likely N-dealkylation sites (N-methyl/N-ethyl adjacent to an activating group) is 1. The molecule has 1 rings (SSSR count). The van der Waals surface area contributed by atoms with Crippen molar-refractivity contribution in [3.63, 3.8) is 0 Å². The van der Waals surface area contributed by atoms with Crippen LogP contribution in [0.5, 0.6) is 0 Å². The van der Waals surface area contributed by atoms with Crippen molar-refractivity contribution in [3.05, 3.63) is 0 Å². The highest BCUT2D eigenvalue weighted by atomic mass is 15.1. The van der Waals surface area contributed by atoms with Crippen molar-refractivity contribution < 1.29 is 0 Å². The molecule has 0 heterocycles. The fraction of sp³-hybridized carbons (Fsp3) is 1.00. The minimum Gasteiger partial charge on any atom is -0.315 e. The molecule has 0 spiro atoms. The topological polar surface area (TPSA) is 15.3 Å². The largest absolute Gasteiger partial charge is 0.315 e. The van der Waals surface area contributed by atoms with Gasteiger partial charge in [0, 0.05) is 19.6 Å². The smallest absolute Gasteiger partial charge is 0.0104 e. The summed E-state index contributed by atoms with van der Waals surface area (Å²) >= 11 is 0. The lowest BCUT2D eigenvalue weighted by Gasteiger charge is -2.20. The monoisotopic (exact) mass is 226 g/mol. The summed E-state index contributed by atoms with van der Waals surface area (Å²) in [5.74, 6) is 0.991. The second-order valence-electron chi connectivity index (χ2n) is 5.37. The molecule has 0 aromatic carbocycles. The lowest BCUT2D eigenvalue weighted by atomic mass is 10.1. The molecule has 1 fully saturated rings. The Morgan fingerprint density at radius 3 is 2.56 bits per heavy atom. The molecule has 2 nitrogen and oxygen atoms in total. The van der Waals surface area contributed by atoms with E-state index in [0.717, 1.165) is 12.5 Å². The Hall–Kier alpha value is -0.0800. The normalized spacial score (nSPS) is 17.4. The predicted octanol–water partition coefficient (Wildman–Crippen LogP) is 2.89. The minimum atomic E-state index is 0.991. The van der Waals surface area contributed by atoms with Gasteiger partial charge in [-0.25, -0.2) is 0 Å². The van der Waals surface area contributed by atoms with Gasteiger partial charge in [0.15, 0.2) is 0 Å². The van der Waals surface area contributed by atoms with Crippen molar-refractivity contribution in [2.24, 2.45) is 5.92 Å². The molecule has 1 aliphatic carbocycles. The molecule has 96 valence electrons. The molecule has 0 aliphatic heterocycles. The molecule has 0 atom stereocenters. The number of hydrogen-bond donors (Lipinski definition) is 1. The third kappa shape index (κ3) is 6.49. The molecule has 1 saturated carbocycles. The van der Waals surface area contributed by atoms with Gasteiger partial charge in [-0.2, -0.15) is 0 Å². The first kappa shape index (κ1) is 14.0. The average Bonchev–Trinajstić information content (AvgIpc) is 2.76. The molecule has 16 heavy (non-hydrogen) atoms. The summed E-state index contributed by atoms with van der Waals surface area (Å²) in [6.45, 7) is 7.15. The first-order valence-corrected chi connectivity index (χ1v) is 7.22. The summed E-state index contributed by atoms with van der Waals surface area (Å²) in [7, 11) is 2.27. The minimum absolute atomic E-state index is 0.991. The molecule has 0 saturated heterocycles. The van der Waals surface area contributed by atoms with Gasteiger partial charge in [-0.05, 0) is 38.8 Å². The van der Waals surface area contributed by atoms with Crippen LogP contribution in [-0.2, 0) is 0 Å². The highest BCUT2D eigenvalue weighted by molar-refractivity contribution is 4.70. The Morgan fingerprint density at radius 2 is 1.88 bits per heavy atom. The van der Waals surface area contributed by atoms with Crippen LogP contribution in [0.25, 0.3) is 0 Å². The number of nitrogens with one attached hydrogen (secondary N) is 1. The Kier molecular flexibility index (Phi) is 7.87. The van der Waals surface area contributed by atoms with Crippen LogP contribution < -0.4 is 5.32 Å². The summed E-state index contributed by atoms with van der Waals surface area (Å²) in [4.78, 5) is 2.50. The van der Waals surface area contributed by atoms with Gasteiger partial charge in [-0.15, -0.1) is 0 Å². The highest BCUT2D eigenvalue weighted by Crippen LogP contribution is 2.24. The van der Waals surface area contributed by atoms with E-state index in [2.05, 4.69) is 24.2 Å². The van der Waals surface area contributed by atoms with Crippen molar-refractivity contribution in [3.8, 4) is 0 Å². The van der Waals surface area contributed by atoms with Crippen molar-refractivity contribution in [1.29, 1.82) is 0 Å². The van der Waals surface area contributed by atoms with E-state index in [1.807, 2.05) is 0 Å². The molecule has 1 aliphatic rings. The van der Waals surface area contributed by atoms with Gasteiger partial charge in [0.25, 0.3) is 0 Å². The van der Waals surface area contributed by atoms with E-state index >= 15 is 0 Å². The summed E-state index contributed by atoms with van der Waals surface area (Å²) < 4.78 is 0. The Morgan fingerprint density at radius 1 is 1.12 bits per heavy atom. The van der Waals surface area contributed by atoms with Crippen molar-refractivity contribution in [2.75, 3.05) is 33.2 Å². The van der Waals surface area contributed by atoms with Crippen LogP contribution in [0.1, 0.15) is 51.9 Å². The maximum absolute atomic E-state index is 3.53. The lowest BCUT2D eigenvalue weighted by molar-refractivity contribution is 0.277. The van der Waals surface area contributed by atoms with E-state index in [1.165, 1.54) is 64.6 Å². The number of rotatable bonds is 9. The molecular formula is C14H30N2. The highest BCUT2D eigenvalue weighted by Gasteiger charge is 2.16. The van der Waals surface area contributed by atoms with Crippen LogP contribution in [0.2, 0.25) is 0 Å². The van der Waals surface area contributed by atoms with Crippen LogP contribution in [0.4, 0.5) is 0 Å². The van der Waals surface area contributed by atoms with E-state index < -0.39 is 0 Å². The quantitative estimate of drug-likeness (QED) is 0.608. The molecule has 0 radical (unpaired) electrons. The lowest BCUT2D eigenvalue weighted by Crippen LogP contribution is -2.32. The fourth-order valence-electron chi connectivity index (χ4n) is 2.62. The summed E-state index contributed by atoms with van der Waals surface area (Å²) in [5.41, 5.74) is 0. The zero-order chi connectivity index (χ0) is 11.6. The molecule has 0 aromatic rings. The van der Waals surface area contributed by atoms with E-state index in [9.17, 15) is 0 Å². The molecule has 0 amide bonds. The van der Waals surface area contributed by atoms with E-state index in [-0.39, 0.29) is 0 Å². The first-order valence-electron chi connectivity index (χ1n) is 7.22. The van der Waals surface area contributed by atoms with Crippen LogP contribution in [0.3, 0.4) is 0 Å². The fourth-order valence-corrected chi connectivity index (χ4v) is 2.62. The number of hydrogen-bond acceptors (Lipinski definition) is 2. The Bertz CT molecular complexity index is 153. The summed E-state index contributed by atoms with van der Waals surface area (Å²) in [6.07, 6.45) is 9.89. The van der Waals surface area contributed by atoms with Gasteiger partial charge in [0.05, 0.1) is 0 Å². The molecular weight excluding hydrogens is 196 g/mol. The maximum atomic E-state index is 3.53. The van der Waals surface area contributed by atoms with Gasteiger partial charge in [-0.1, -0.05) is 32.6 Å². The number of unbranched alkanes of at least 4 members (excludes halogenated alkanes) is 2. The van der Waals surface area contributed by atoms with Gasteiger partial charge in [0.1, 0.15) is 0 Å². The van der Waals surface area contributed by atoms with Gasteiger partial charge in [-0.3, -0.25) is 0 Å². The maximum Gasteiger partial charge on any atom is 0.0104 e. The van der Waals surface area contributed by atoms with Crippen molar-refractivity contribution >= 4 is 0 Å². The van der Waals surface area contributed by atoms with Crippen LogP contribution >= 0.6 is 0 Å². The van der Waals surface area contributed by atoms with Gasteiger partial charge < -0.3 is 10.2 Å². The summed E-state index contributed by atoms with van der Waals surface area (Å²) in [5, 5.41) is 3.53. The SMILES string of the molecule is CCCCCNCCN(C)CC1CCCC1. The number of nitrogens with zero attached hydrogens (tertiary/aromatic N) is 1. The summed E-state index contributed by atoms with van der Waals surface area (Å²) in [6, 6.07) is 0. The van der Waals surface area contributed by atoms with Crippen LogP contribution in [-0.4, -0.2) is 38.1 Å². The zero-order valence-corrected chi connectivity index (χ0v) is 11.3. The third-order valence-corrected chi connectivity index (χ3v) is 3.67. The Labute approximate surface area is 102 Å². The average molecular weight is 226 g/mol. The van der Waals surface area contributed by atoms with E-state index in [4.69, 9.17) is 0 Å². The molecule has 0 bridgehead atoms. The van der Waals surface area contributed by atoms with Gasteiger partial charge in [0.2, 0.25) is 0 Å². The Balaban J connectivity index is 1.87. The first-order chi connectivity index (χ1) is 7.83. The molecule has 0 aromatic heterocycles. The van der Waals surface area contributed by atoms with Crippen LogP contribution in [0, 0.1) is 5.92 Å². The second-order valence-corrected chi connectivity index (χ2v) is 5.37.